The molecule has 1 aliphatic rings. The molecule has 3 rings (SSSR count). The number of hydrogen-bond donors (Lipinski definition) is 2. The molecule has 0 aliphatic carbocycles. The highest BCUT2D eigenvalue weighted by Gasteiger charge is 2.50. The van der Waals surface area contributed by atoms with Crippen LogP contribution in [0.15, 0.2) is 24.3 Å². The fourth-order valence-electron chi connectivity index (χ4n) is 4.14. The molecule has 1 aliphatic heterocycles. The maximum absolute atomic E-state index is 13.3. The molecule has 0 radical (unpaired) electrons. The highest BCUT2D eigenvalue weighted by Crippen LogP contribution is 2.37. The summed E-state index contributed by atoms with van der Waals surface area (Å²) in [5, 5.41) is 21.4. The molecule has 1 amide bonds. The zero-order chi connectivity index (χ0) is 21.3. The molecule has 2 heterocycles. The van der Waals surface area contributed by atoms with Crippen LogP contribution in [0.25, 0.3) is 10.9 Å². The van der Waals surface area contributed by atoms with Crippen LogP contribution in [0, 0.1) is 25.2 Å². The number of piperidine rings is 1. The number of aliphatic hydroxyl groups is 1. The van der Waals surface area contributed by atoms with E-state index in [1.807, 2.05) is 45.0 Å². The Kier molecular flexibility index (Phi) is 5.94. The van der Waals surface area contributed by atoms with Crippen LogP contribution in [0.2, 0.25) is 0 Å². The van der Waals surface area contributed by atoms with E-state index in [9.17, 15) is 19.8 Å². The van der Waals surface area contributed by atoms with Gasteiger partial charge < -0.3 is 15.1 Å². The monoisotopic (exact) mass is 398 g/mol. The number of hydrogen-bond acceptors (Lipinski definition) is 4. The number of aryl methyl sites for hydroxylation is 2. The molecular weight excluding hydrogens is 368 g/mol. The van der Waals surface area contributed by atoms with Crippen molar-refractivity contribution >= 4 is 22.8 Å². The van der Waals surface area contributed by atoms with Crippen LogP contribution in [-0.4, -0.2) is 51.2 Å². The summed E-state index contributed by atoms with van der Waals surface area (Å²) in [6.07, 6.45) is 0.330. The summed E-state index contributed by atoms with van der Waals surface area (Å²) in [6.45, 7) is 8.19. The van der Waals surface area contributed by atoms with Crippen molar-refractivity contribution in [2.24, 2.45) is 11.3 Å². The molecule has 2 aromatic rings. The number of aliphatic hydroxyl groups excluding tert-OH is 1. The maximum Gasteiger partial charge on any atom is 0.314 e. The molecule has 1 aromatic carbocycles. The zero-order valence-corrected chi connectivity index (χ0v) is 17.6. The predicted octanol–water partition coefficient (Wildman–Crippen LogP) is 3.57. The lowest BCUT2D eigenvalue weighted by atomic mass is 9.72. The van der Waals surface area contributed by atoms with Crippen molar-refractivity contribution in [1.82, 2.24) is 9.88 Å². The van der Waals surface area contributed by atoms with Crippen LogP contribution < -0.4 is 0 Å². The molecule has 0 spiro atoms. The molecule has 0 saturated carbocycles. The first kappa shape index (κ1) is 21.2. The van der Waals surface area contributed by atoms with Gasteiger partial charge in [-0.3, -0.25) is 14.6 Å². The Morgan fingerprint density at radius 1 is 1.28 bits per heavy atom. The van der Waals surface area contributed by atoms with Crippen LogP contribution in [0.1, 0.15) is 54.7 Å². The number of rotatable bonds is 5. The Labute approximate surface area is 171 Å². The van der Waals surface area contributed by atoms with E-state index in [2.05, 4.69) is 4.98 Å². The standard InChI is InChI=1S/C23H30N2O4/c1-14(2)7-9-23(22(28)29)13-25(10-8-20(23)26)21(27)18-12-17-11-15(3)5-6-19(17)24-16(18)4/h5-6,11-12,14,20,26H,7-10,13H2,1-4H3,(H,28,29)/t20-,23-/m1/s1. The van der Waals surface area contributed by atoms with Crippen molar-refractivity contribution in [3.63, 3.8) is 0 Å². The van der Waals surface area contributed by atoms with Crippen LogP contribution in [0.5, 0.6) is 0 Å². The zero-order valence-electron chi connectivity index (χ0n) is 17.6. The third kappa shape index (κ3) is 4.13. The molecule has 1 saturated heterocycles. The molecule has 2 N–H and O–H groups in total. The number of carbonyl (C=O) groups excluding carboxylic acids is 1. The van der Waals surface area contributed by atoms with Gasteiger partial charge in [-0.25, -0.2) is 0 Å². The van der Waals surface area contributed by atoms with E-state index in [1.165, 1.54) is 0 Å². The molecule has 156 valence electrons. The van der Waals surface area contributed by atoms with Crippen molar-refractivity contribution in [1.29, 1.82) is 0 Å². The van der Waals surface area contributed by atoms with E-state index in [1.54, 1.807) is 11.8 Å². The smallest absolute Gasteiger partial charge is 0.314 e. The summed E-state index contributed by atoms with van der Waals surface area (Å²) in [5.74, 6) is -0.938. The highest BCUT2D eigenvalue weighted by atomic mass is 16.4. The number of likely N-dealkylation sites (tertiary alicyclic amines) is 1. The lowest BCUT2D eigenvalue weighted by Crippen LogP contribution is -2.57. The summed E-state index contributed by atoms with van der Waals surface area (Å²) < 4.78 is 0. The topological polar surface area (TPSA) is 90.7 Å². The molecule has 6 heteroatoms. The number of carboxylic acid groups (broad SMARTS) is 1. The second kappa shape index (κ2) is 8.11. The Morgan fingerprint density at radius 2 is 2.00 bits per heavy atom. The number of amides is 1. The number of benzene rings is 1. The van der Waals surface area contributed by atoms with E-state index in [0.29, 0.717) is 36.6 Å². The van der Waals surface area contributed by atoms with Gasteiger partial charge in [-0.1, -0.05) is 25.5 Å². The number of nitrogens with zero attached hydrogens (tertiary/aromatic N) is 2. The number of carboxylic acids is 1. The number of carbonyl (C=O) groups is 2. The maximum atomic E-state index is 13.3. The van der Waals surface area contributed by atoms with E-state index < -0.39 is 17.5 Å². The van der Waals surface area contributed by atoms with Crippen LogP contribution in [0.4, 0.5) is 0 Å². The van der Waals surface area contributed by atoms with Crippen LogP contribution in [-0.2, 0) is 4.79 Å². The van der Waals surface area contributed by atoms with E-state index in [0.717, 1.165) is 16.5 Å². The van der Waals surface area contributed by atoms with Crippen LogP contribution in [0.3, 0.4) is 0 Å². The molecule has 6 nitrogen and oxygen atoms in total. The quantitative estimate of drug-likeness (QED) is 0.804. The summed E-state index contributed by atoms with van der Waals surface area (Å²) >= 11 is 0. The van der Waals surface area contributed by atoms with E-state index >= 15 is 0 Å². The Balaban J connectivity index is 1.93. The van der Waals surface area contributed by atoms with Crippen molar-refractivity contribution in [3.05, 3.63) is 41.1 Å². The Bertz CT molecular complexity index is 940. The first-order valence-electron chi connectivity index (χ1n) is 10.2. The van der Waals surface area contributed by atoms with E-state index in [-0.39, 0.29) is 18.9 Å². The van der Waals surface area contributed by atoms with Gasteiger partial charge >= 0.3 is 5.97 Å². The fraction of sp³-hybridized carbons (Fsp3) is 0.522. The second-order valence-corrected chi connectivity index (χ2v) is 8.74. The van der Waals surface area contributed by atoms with Crippen molar-refractivity contribution in [3.8, 4) is 0 Å². The minimum Gasteiger partial charge on any atom is -0.481 e. The first-order valence-corrected chi connectivity index (χ1v) is 10.2. The predicted molar refractivity (Wildman–Crippen MR) is 112 cm³/mol. The third-order valence-corrected chi connectivity index (χ3v) is 6.06. The van der Waals surface area contributed by atoms with Gasteiger partial charge in [-0.05, 0) is 57.2 Å². The third-order valence-electron chi connectivity index (χ3n) is 6.06. The van der Waals surface area contributed by atoms with Gasteiger partial charge in [0.25, 0.3) is 5.91 Å². The fourth-order valence-corrected chi connectivity index (χ4v) is 4.14. The lowest BCUT2D eigenvalue weighted by molar-refractivity contribution is -0.163. The first-order chi connectivity index (χ1) is 13.6. The van der Waals surface area contributed by atoms with Crippen LogP contribution >= 0.6 is 0 Å². The average Bonchev–Trinajstić information content (AvgIpc) is 2.66. The van der Waals surface area contributed by atoms with Gasteiger partial charge in [0.1, 0.15) is 5.41 Å². The molecule has 0 bridgehead atoms. The van der Waals surface area contributed by atoms with Crippen molar-refractivity contribution < 1.29 is 19.8 Å². The second-order valence-electron chi connectivity index (χ2n) is 8.74. The summed E-state index contributed by atoms with van der Waals surface area (Å²) in [4.78, 5) is 31.6. The molecule has 0 unspecified atom stereocenters. The molecule has 29 heavy (non-hydrogen) atoms. The number of aliphatic carboxylic acids is 1. The lowest BCUT2D eigenvalue weighted by Gasteiger charge is -2.43. The molecule has 1 aromatic heterocycles. The van der Waals surface area contributed by atoms with Gasteiger partial charge in [0.15, 0.2) is 0 Å². The molecular formula is C23H30N2O4. The summed E-state index contributed by atoms with van der Waals surface area (Å²) in [6, 6.07) is 7.75. The minimum atomic E-state index is -1.33. The summed E-state index contributed by atoms with van der Waals surface area (Å²) in [7, 11) is 0. The Morgan fingerprint density at radius 3 is 2.66 bits per heavy atom. The number of pyridine rings is 1. The number of aromatic nitrogens is 1. The minimum absolute atomic E-state index is 0.0142. The normalized spacial score (nSPS) is 22.3. The van der Waals surface area contributed by atoms with Gasteiger partial charge in [-0.15, -0.1) is 0 Å². The van der Waals surface area contributed by atoms with E-state index in [4.69, 9.17) is 0 Å². The SMILES string of the molecule is Cc1ccc2nc(C)c(C(=O)N3CC[C@@H](O)[C@](CCC(C)C)(C(=O)O)C3)cc2c1. The van der Waals surface area contributed by atoms with Crippen molar-refractivity contribution in [2.75, 3.05) is 13.1 Å². The van der Waals surface area contributed by atoms with Gasteiger partial charge in [0.05, 0.1) is 22.9 Å². The van der Waals surface area contributed by atoms with Crippen molar-refractivity contribution in [2.45, 2.75) is 53.1 Å². The number of fused-ring (bicyclic) bond motifs is 1. The largest absolute Gasteiger partial charge is 0.481 e. The van der Waals surface area contributed by atoms with Gasteiger partial charge in [0.2, 0.25) is 0 Å². The van der Waals surface area contributed by atoms with Gasteiger partial charge in [-0.2, -0.15) is 0 Å². The highest BCUT2D eigenvalue weighted by molar-refractivity contribution is 5.99. The molecule has 2 atom stereocenters. The van der Waals surface area contributed by atoms with Gasteiger partial charge in [0, 0.05) is 18.5 Å². The molecule has 1 fully saturated rings. The Hall–Kier alpha value is -2.47. The summed E-state index contributed by atoms with van der Waals surface area (Å²) in [5.41, 5.74) is 1.70. The average molecular weight is 399 g/mol.